The SMILES string of the molecule is O=C(Nc1ccc(S[C@@H]2CC(=O)N(c3ccccc3)C2=O)cc1)C1CCCCC1. The number of amides is 3. The van der Waals surface area contributed by atoms with Crippen LogP contribution < -0.4 is 10.2 Å². The highest BCUT2D eigenvalue weighted by molar-refractivity contribution is 8.00. The van der Waals surface area contributed by atoms with Crippen molar-refractivity contribution in [1.82, 2.24) is 0 Å². The Hall–Kier alpha value is -2.60. The van der Waals surface area contributed by atoms with Gasteiger partial charge in [-0.3, -0.25) is 14.4 Å². The molecular formula is C23H24N2O3S. The van der Waals surface area contributed by atoms with Crippen LogP contribution in [0, 0.1) is 5.92 Å². The van der Waals surface area contributed by atoms with Crippen molar-refractivity contribution in [2.45, 2.75) is 48.7 Å². The fourth-order valence-electron chi connectivity index (χ4n) is 3.93. The molecule has 0 unspecified atom stereocenters. The van der Waals surface area contributed by atoms with Crippen molar-refractivity contribution in [2.24, 2.45) is 5.92 Å². The number of imide groups is 1. The molecule has 2 aliphatic rings. The molecule has 1 N–H and O–H groups in total. The highest BCUT2D eigenvalue weighted by Gasteiger charge is 2.40. The number of rotatable bonds is 5. The number of nitrogens with zero attached hydrogens (tertiary/aromatic N) is 1. The largest absolute Gasteiger partial charge is 0.326 e. The zero-order valence-corrected chi connectivity index (χ0v) is 17.0. The van der Waals surface area contributed by atoms with E-state index in [1.165, 1.54) is 23.1 Å². The number of thioether (sulfide) groups is 1. The van der Waals surface area contributed by atoms with Crippen molar-refractivity contribution in [3.63, 3.8) is 0 Å². The first-order valence-electron chi connectivity index (χ1n) is 10.1. The molecule has 150 valence electrons. The predicted molar refractivity (Wildman–Crippen MR) is 115 cm³/mol. The Bertz CT molecular complexity index is 892. The Kier molecular flexibility index (Phi) is 6.00. The molecule has 1 aliphatic heterocycles. The van der Waals surface area contributed by atoms with Crippen molar-refractivity contribution in [2.75, 3.05) is 10.2 Å². The summed E-state index contributed by atoms with van der Waals surface area (Å²) in [5.41, 5.74) is 1.39. The number of carbonyl (C=O) groups is 3. The third-order valence-electron chi connectivity index (χ3n) is 5.50. The van der Waals surface area contributed by atoms with Gasteiger partial charge in [-0.1, -0.05) is 37.5 Å². The summed E-state index contributed by atoms with van der Waals surface area (Å²) in [6, 6.07) is 16.5. The van der Waals surface area contributed by atoms with Crippen LogP contribution in [0.15, 0.2) is 59.5 Å². The van der Waals surface area contributed by atoms with Crippen molar-refractivity contribution in [3.05, 3.63) is 54.6 Å². The Morgan fingerprint density at radius 3 is 2.31 bits per heavy atom. The summed E-state index contributed by atoms with van der Waals surface area (Å²) in [6.45, 7) is 0. The van der Waals surface area contributed by atoms with Crippen LogP contribution in [0.4, 0.5) is 11.4 Å². The van der Waals surface area contributed by atoms with Crippen LogP contribution in [0.1, 0.15) is 38.5 Å². The molecule has 0 spiro atoms. The molecule has 2 fully saturated rings. The van der Waals surface area contributed by atoms with Gasteiger partial charge in [0.15, 0.2) is 0 Å². The second-order valence-electron chi connectivity index (χ2n) is 7.56. The monoisotopic (exact) mass is 408 g/mol. The van der Waals surface area contributed by atoms with Gasteiger partial charge in [0, 0.05) is 22.9 Å². The number of hydrogen-bond acceptors (Lipinski definition) is 4. The summed E-state index contributed by atoms with van der Waals surface area (Å²) in [5.74, 6) is -0.139. The van der Waals surface area contributed by atoms with E-state index in [-0.39, 0.29) is 30.1 Å². The third-order valence-corrected chi connectivity index (χ3v) is 6.69. The Balaban J connectivity index is 1.37. The molecule has 0 aromatic heterocycles. The van der Waals surface area contributed by atoms with E-state index in [4.69, 9.17) is 0 Å². The van der Waals surface area contributed by atoms with E-state index in [1.807, 2.05) is 42.5 Å². The normalized spacial score (nSPS) is 20.1. The molecule has 1 saturated carbocycles. The summed E-state index contributed by atoms with van der Waals surface area (Å²) >= 11 is 1.39. The minimum absolute atomic E-state index is 0.0974. The van der Waals surface area contributed by atoms with Gasteiger partial charge < -0.3 is 5.32 Å². The number of para-hydroxylation sites is 1. The van der Waals surface area contributed by atoms with Gasteiger partial charge in [0.25, 0.3) is 0 Å². The molecule has 3 amide bonds. The summed E-state index contributed by atoms with van der Waals surface area (Å²) < 4.78 is 0. The van der Waals surface area contributed by atoms with Crippen LogP contribution in [-0.4, -0.2) is 23.0 Å². The van der Waals surface area contributed by atoms with Crippen LogP contribution in [0.3, 0.4) is 0 Å². The predicted octanol–water partition coefficient (Wildman–Crippen LogP) is 4.63. The average molecular weight is 409 g/mol. The van der Waals surface area contributed by atoms with E-state index in [0.717, 1.165) is 36.3 Å². The molecule has 1 saturated heterocycles. The van der Waals surface area contributed by atoms with Crippen LogP contribution in [-0.2, 0) is 14.4 Å². The highest BCUT2D eigenvalue weighted by atomic mass is 32.2. The standard InChI is InChI=1S/C23H24N2O3S/c26-21-15-20(23(28)25(21)18-9-5-2-6-10-18)29-19-13-11-17(12-14-19)24-22(27)16-7-3-1-4-8-16/h2,5-6,9-14,16,20H,1,3-4,7-8,15H2,(H,24,27)/t20-/m1/s1. The minimum Gasteiger partial charge on any atom is -0.326 e. The highest BCUT2D eigenvalue weighted by Crippen LogP contribution is 2.34. The van der Waals surface area contributed by atoms with Gasteiger partial charge >= 0.3 is 0 Å². The lowest BCUT2D eigenvalue weighted by molar-refractivity contribution is -0.122. The zero-order chi connectivity index (χ0) is 20.2. The fraction of sp³-hybridized carbons (Fsp3) is 0.348. The Morgan fingerprint density at radius 1 is 0.931 bits per heavy atom. The fourth-order valence-corrected chi connectivity index (χ4v) is 4.99. The summed E-state index contributed by atoms with van der Waals surface area (Å²) in [7, 11) is 0. The Morgan fingerprint density at radius 2 is 1.62 bits per heavy atom. The second kappa shape index (κ2) is 8.82. The zero-order valence-electron chi connectivity index (χ0n) is 16.2. The molecular weight excluding hydrogens is 384 g/mol. The second-order valence-corrected chi connectivity index (χ2v) is 8.84. The van der Waals surface area contributed by atoms with E-state index in [0.29, 0.717) is 5.69 Å². The maximum Gasteiger partial charge on any atom is 0.247 e. The molecule has 2 aromatic carbocycles. The molecule has 4 rings (SSSR count). The smallest absolute Gasteiger partial charge is 0.247 e. The summed E-state index contributed by atoms with van der Waals surface area (Å²) in [6.07, 6.45) is 5.60. The van der Waals surface area contributed by atoms with Gasteiger partial charge in [-0.2, -0.15) is 0 Å². The molecule has 2 aromatic rings. The summed E-state index contributed by atoms with van der Waals surface area (Å²) in [4.78, 5) is 39.6. The first-order valence-corrected chi connectivity index (χ1v) is 11.0. The van der Waals surface area contributed by atoms with Gasteiger partial charge in [0.1, 0.15) is 0 Å². The molecule has 6 heteroatoms. The first kappa shape index (κ1) is 19.7. The molecule has 1 atom stereocenters. The quantitative estimate of drug-likeness (QED) is 0.733. The van der Waals surface area contributed by atoms with Crippen molar-refractivity contribution >= 4 is 40.9 Å². The maximum absolute atomic E-state index is 12.7. The van der Waals surface area contributed by atoms with Crippen LogP contribution in [0.5, 0.6) is 0 Å². The molecule has 5 nitrogen and oxygen atoms in total. The lowest BCUT2D eigenvalue weighted by atomic mass is 9.88. The molecule has 29 heavy (non-hydrogen) atoms. The van der Waals surface area contributed by atoms with Gasteiger partial charge in [-0.25, -0.2) is 4.90 Å². The number of benzene rings is 2. The number of nitrogens with one attached hydrogen (secondary N) is 1. The number of hydrogen-bond donors (Lipinski definition) is 1. The lowest BCUT2D eigenvalue weighted by Gasteiger charge is -2.20. The lowest BCUT2D eigenvalue weighted by Crippen LogP contribution is -2.30. The molecule has 1 heterocycles. The van der Waals surface area contributed by atoms with E-state index in [9.17, 15) is 14.4 Å². The van der Waals surface area contributed by atoms with E-state index in [2.05, 4.69) is 5.32 Å². The third kappa shape index (κ3) is 4.53. The number of carbonyl (C=O) groups excluding carboxylic acids is 3. The summed E-state index contributed by atoms with van der Waals surface area (Å²) in [5, 5.41) is 2.57. The maximum atomic E-state index is 12.7. The first-order chi connectivity index (χ1) is 14.1. The van der Waals surface area contributed by atoms with Gasteiger partial charge in [-0.15, -0.1) is 11.8 Å². The molecule has 1 aliphatic carbocycles. The molecule has 0 radical (unpaired) electrons. The van der Waals surface area contributed by atoms with Gasteiger partial charge in [0.2, 0.25) is 17.7 Å². The van der Waals surface area contributed by atoms with Crippen molar-refractivity contribution in [3.8, 4) is 0 Å². The molecule has 0 bridgehead atoms. The van der Waals surface area contributed by atoms with E-state index < -0.39 is 5.25 Å². The van der Waals surface area contributed by atoms with Gasteiger partial charge in [0.05, 0.1) is 10.9 Å². The van der Waals surface area contributed by atoms with Crippen LogP contribution in [0.25, 0.3) is 0 Å². The van der Waals surface area contributed by atoms with E-state index >= 15 is 0 Å². The van der Waals surface area contributed by atoms with Crippen LogP contribution >= 0.6 is 11.8 Å². The van der Waals surface area contributed by atoms with Crippen molar-refractivity contribution in [1.29, 1.82) is 0 Å². The van der Waals surface area contributed by atoms with Crippen LogP contribution in [0.2, 0.25) is 0 Å². The Labute approximate surface area is 174 Å². The van der Waals surface area contributed by atoms with Gasteiger partial charge in [-0.05, 0) is 49.2 Å². The topological polar surface area (TPSA) is 66.5 Å². The minimum atomic E-state index is -0.426. The number of anilines is 2. The average Bonchev–Trinajstić information content (AvgIpc) is 3.03. The van der Waals surface area contributed by atoms with E-state index in [1.54, 1.807) is 12.1 Å². The van der Waals surface area contributed by atoms with Crippen molar-refractivity contribution < 1.29 is 14.4 Å².